The fraction of sp³-hybridized carbons (Fsp3) is 0.400. The molecule has 0 saturated carbocycles. The Morgan fingerprint density at radius 1 is 1.46 bits per heavy atom. The molecule has 0 unspecified atom stereocenters. The van der Waals surface area contributed by atoms with Gasteiger partial charge >= 0.3 is 0 Å². The van der Waals surface area contributed by atoms with Gasteiger partial charge in [0.1, 0.15) is 5.82 Å². The first-order chi connectivity index (χ1) is 6.13. The Morgan fingerprint density at radius 2 is 2.15 bits per heavy atom. The van der Waals surface area contributed by atoms with Crippen LogP contribution in [0.5, 0.6) is 0 Å². The van der Waals surface area contributed by atoms with E-state index >= 15 is 0 Å². The Labute approximate surface area is 82.7 Å². The van der Waals surface area contributed by atoms with Gasteiger partial charge in [0.05, 0.1) is 0 Å². The lowest BCUT2D eigenvalue weighted by Gasteiger charge is -2.10. The Kier molecular flexibility index (Phi) is 3.70. The van der Waals surface area contributed by atoms with Crippen LogP contribution in [0.1, 0.15) is 31.4 Å². The smallest absolute Gasteiger partial charge is 0.125 e. The molecule has 0 radical (unpaired) electrons. The minimum absolute atomic E-state index is 0.113. The molecular weight excluding hydrogens is 189 g/mol. The van der Waals surface area contributed by atoms with E-state index in [1.54, 1.807) is 6.07 Å². The van der Waals surface area contributed by atoms with Gasteiger partial charge in [-0.1, -0.05) is 24.9 Å². The van der Waals surface area contributed by atoms with E-state index in [1.165, 1.54) is 12.1 Å². The van der Waals surface area contributed by atoms with Crippen molar-refractivity contribution in [2.45, 2.75) is 25.8 Å². The number of halogens is 2. The van der Waals surface area contributed by atoms with Gasteiger partial charge < -0.3 is 5.73 Å². The summed E-state index contributed by atoms with van der Waals surface area (Å²) in [5.74, 6) is -0.325. The fourth-order valence-corrected chi connectivity index (χ4v) is 1.50. The molecule has 0 heterocycles. The topological polar surface area (TPSA) is 26.0 Å². The molecule has 0 aliphatic rings. The van der Waals surface area contributed by atoms with Crippen LogP contribution in [0.25, 0.3) is 0 Å². The lowest BCUT2D eigenvalue weighted by Crippen LogP contribution is -2.09. The molecule has 0 fully saturated rings. The summed E-state index contributed by atoms with van der Waals surface area (Å²) in [4.78, 5) is 0. The fourth-order valence-electron chi connectivity index (χ4n) is 1.27. The van der Waals surface area contributed by atoms with E-state index in [9.17, 15) is 4.39 Å². The van der Waals surface area contributed by atoms with Crippen LogP contribution in [0.4, 0.5) is 4.39 Å². The van der Waals surface area contributed by atoms with Gasteiger partial charge in [0.25, 0.3) is 0 Å². The van der Waals surface area contributed by atoms with Crippen LogP contribution >= 0.6 is 11.6 Å². The third-order valence-corrected chi connectivity index (χ3v) is 2.13. The highest BCUT2D eigenvalue weighted by atomic mass is 35.5. The minimum atomic E-state index is -0.325. The highest BCUT2D eigenvalue weighted by molar-refractivity contribution is 6.30. The molecule has 1 nitrogen and oxygen atoms in total. The standard InChI is InChI=1S/C10H13ClFN/c1-2-3-10(13)7-4-8(11)6-9(12)5-7/h4-6,10H,2-3,13H2,1H3/t10-/m1/s1. The largest absolute Gasteiger partial charge is 0.324 e. The highest BCUT2D eigenvalue weighted by Gasteiger charge is 2.06. The van der Waals surface area contributed by atoms with Gasteiger partial charge in [-0.3, -0.25) is 0 Å². The highest BCUT2D eigenvalue weighted by Crippen LogP contribution is 2.21. The molecule has 0 aliphatic carbocycles. The zero-order chi connectivity index (χ0) is 9.84. The Hall–Kier alpha value is -0.600. The lowest BCUT2D eigenvalue weighted by molar-refractivity contribution is 0.605. The van der Waals surface area contributed by atoms with Crippen LogP contribution in [0.3, 0.4) is 0 Å². The molecule has 1 aromatic carbocycles. The molecule has 1 atom stereocenters. The molecule has 0 bridgehead atoms. The van der Waals surface area contributed by atoms with Crippen molar-refractivity contribution in [1.82, 2.24) is 0 Å². The maximum atomic E-state index is 12.9. The molecule has 1 aromatic rings. The second-order valence-corrected chi connectivity index (χ2v) is 3.53. The van der Waals surface area contributed by atoms with Gasteiger partial charge in [-0.15, -0.1) is 0 Å². The molecular formula is C10H13ClFN. The molecule has 0 saturated heterocycles. The van der Waals surface area contributed by atoms with Gasteiger partial charge in [0.15, 0.2) is 0 Å². The van der Waals surface area contributed by atoms with Gasteiger partial charge in [0, 0.05) is 11.1 Å². The molecule has 1 rings (SSSR count). The minimum Gasteiger partial charge on any atom is -0.324 e. The van der Waals surface area contributed by atoms with Gasteiger partial charge in [0.2, 0.25) is 0 Å². The predicted molar refractivity (Wildman–Crippen MR) is 53.2 cm³/mol. The molecule has 72 valence electrons. The predicted octanol–water partition coefficient (Wildman–Crippen LogP) is 3.28. The summed E-state index contributed by atoms with van der Waals surface area (Å²) in [6, 6.07) is 4.32. The van der Waals surface area contributed by atoms with Crippen molar-refractivity contribution in [2.75, 3.05) is 0 Å². The quantitative estimate of drug-likeness (QED) is 0.798. The first-order valence-electron chi connectivity index (χ1n) is 4.35. The summed E-state index contributed by atoms with van der Waals surface area (Å²) in [5, 5.41) is 0.404. The lowest BCUT2D eigenvalue weighted by atomic mass is 10.0. The van der Waals surface area contributed by atoms with Crippen LogP contribution in [0.2, 0.25) is 5.02 Å². The van der Waals surface area contributed by atoms with Gasteiger partial charge in [-0.25, -0.2) is 4.39 Å². The van der Waals surface area contributed by atoms with Crippen molar-refractivity contribution in [3.05, 3.63) is 34.6 Å². The normalized spacial score (nSPS) is 12.9. The van der Waals surface area contributed by atoms with E-state index in [-0.39, 0.29) is 11.9 Å². The van der Waals surface area contributed by atoms with Crippen molar-refractivity contribution >= 4 is 11.6 Å². The number of nitrogens with two attached hydrogens (primary N) is 1. The van der Waals surface area contributed by atoms with E-state index in [4.69, 9.17) is 17.3 Å². The number of rotatable bonds is 3. The maximum absolute atomic E-state index is 12.9. The van der Waals surface area contributed by atoms with Crippen LogP contribution in [0.15, 0.2) is 18.2 Å². The first-order valence-corrected chi connectivity index (χ1v) is 4.73. The van der Waals surface area contributed by atoms with E-state index in [1.807, 2.05) is 6.92 Å². The third-order valence-electron chi connectivity index (χ3n) is 1.91. The zero-order valence-electron chi connectivity index (χ0n) is 7.56. The van der Waals surface area contributed by atoms with E-state index in [0.717, 1.165) is 18.4 Å². The van der Waals surface area contributed by atoms with E-state index < -0.39 is 0 Å². The monoisotopic (exact) mass is 201 g/mol. The molecule has 3 heteroatoms. The summed E-state index contributed by atoms with van der Waals surface area (Å²) in [5.41, 5.74) is 6.59. The summed E-state index contributed by atoms with van der Waals surface area (Å²) in [6.07, 6.45) is 1.83. The van der Waals surface area contributed by atoms with Gasteiger partial charge in [-0.05, 0) is 30.2 Å². The maximum Gasteiger partial charge on any atom is 0.125 e. The Morgan fingerprint density at radius 3 is 2.69 bits per heavy atom. The van der Waals surface area contributed by atoms with Crippen LogP contribution in [0, 0.1) is 5.82 Å². The van der Waals surface area contributed by atoms with Crippen LogP contribution in [-0.2, 0) is 0 Å². The SMILES string of the molecule is CCC[C@@H](N)c1cc(F)cc(Cl)c1. The average Bonchev–Trinajstić information content (AvgIpc) is 2.03. The van der Waals surface area contributed by atoms with Crippen LogP contribution < -0.4 is 5.73 Å². The Balaban J connectivity index is 2.87. The molecule has 0 aliphatic heterocycles. The van der Waals surface area contributed by atoms with Crippen LogP contribution in [-0.4, -0.2) is 0 Å². The number of hydrogen-bond donors (Lipinski definition) is 1. The van der Waals surface area contributed by atoms with Crippen molar-refractivity contribution in [2.24, 2.45) is 5.73 Å². The summed E-state index contributed by atoms with van der Waals surface area (Å²) in [6.45, 7) is 2.04. The molecule has 13 heavy (non-hydrogen) atoms. The van der Waals surface area contributed by atoms with Crippen molar-refractivity contribution < 1.29 is 4.39 Å². The second-order valence-electron chi connectivity index (χ2n) is 3.10. The molecule has 2 N–H and O–H groups in total. The van der Waals surface area contributed by atoms with Crippen molar-refractivity contribution in [3.63, 3.8) is 0 Å². The summed E-state index contributed by atoms with van der Waals surface area (Å²) < 4.78 is 12.9. The van der Waals surface area contributed by atoms with E-state index in [0.29, 0.717) is 5.02 Å². The first kappa shape index (κ1) is 10.5. The third kappa shape index (κ3) is 2.98. The zero-order valence-corrected chi connectivity index (χ0v) is 8.31. The molecule has 0 amide bonds. The van der Waals surface area contributed by atoms with E-state index in [2.05, 4.69) is 0 Å². The second kappa shape index (κ2) is 4.58. The molecule has 0 spiro atoms. The number of benzene rings is 1. The Bertz CT molecular complexity index is 268. The number of hydrogen-bond acceptors (Lipinski definition) is 1. The average molecular weight is 202 g/mol. The van der Waals surface area contributed by atoms with Crippen molar-refractivity contribution in [3.8, 4) is 0 Å². The molecule has 0 aromatic heterocycles. The van der Waals surface area contributed by atoms with Gasteiger partial charge in [-0.2, -0.15) is 0 Å². The van der Waals surface area contributed by atoms with Crippen molar-refractivity contribution in [1.29, 1.82) is 0 Å². The summed E-state index contributed by atoms with van der Waals surface area (Å²) in [7, 11) is 0. The summed E-state index contributed by atoms with van der Waals surface area (Å²) >= 11 is 5.70.